The second-order valence-corrected chi connectivity index (χ2v) is 7.25. The van der Waals surface area contributed by atoms with Crippen molar-refractivity contribution in [2.24, 2.45) is 5.73 Å². The van der Waals surface area contributed by atoms with Crippen molar-refractivity contribution in [2.45, 2.75) is 58.7 Å². The third-order valence-electron chi connectivity index (χ3n) is 5.31. The molecule has 0 radical (unpaired) electrons. The van der Waals surface area contributed by atoms with Crippen LogP contribution in [0.4, 0.5) is 4.39 Å². The molecule has 1 atom stereocenters. The summed E-state index contributed by atoms with van der Waals surface area (Å²) in [5.41, 5.74) is 10.9. The fraction of sp³-hybridized carbons (Fsp3) is 0.409. The molecular weight excluding hydrogens is 343 g/mol. The van der Waals surface area contributed by atoms with Crippen LogP contribution in [-0.4, -0.2) is 11.9 Å². The molecule has 144 valence electrons. The van der Waals surface area contributed by atoms with Crippen LogP contribution < -0.4 is 15.8 Å². The molecule has 2 aromatic rings. The van der Waals surface area contributed by atoms with Gasteiger partial charge in [0, 0.05) is 6.54 Å². The zero-order valence-electron chi connectivity index (χ0n) is 16.0. The predicted octanol–water partition coefficient (Wildman–Crippen LogP) is 3.56. The van der Waals surface area contributed by atoms with Gasteiger partial charge in [-0.3, -0.25) is 4.79 Å². The molecule has 5 heteroatoms. The molecule has 2 aromatic carbocycles. The van der Waals surface area contributed by atoms with Crippen molar-refractivity contribution in [2.75, 3.05) is 0 Å². The first-order valence-electron chi connectivity index (χ1n) is 9.50. The number of hydrogen-bond donors (Lipinski definition) is 2. The number of fused-ring (bicyclic) bond motifs is 1. The summed E-state index contributed by atoms with van der Waals surface area (Å²) >= 11 is 0. The van der Waals surface area contributed by atoms with Gasteiger partial charge in [0.05, 0.1) is 6.04 Å². The van der Waals surface area contributed by atoms with Gasteiger partial charge in [-0.05, 0) is 85.5 Å². The third-order valence-corrected chi connectivity index (χ3v) is 5.31. The Labute approximate surface area is 159 Å². The van der Waals surface area contributed by atoms with E-state index in [1.54, 1.807) is 13.0 Å². The van der Waals surface area contributed by atoms with Gasteiger partial charge in [-0.2, -0.15) is 0 Å². The molecule has 0 aliphatic heterocycles. The van der Waals surface area contributed by atoms with Crippen molar-refractivity contribution in [3.63, 3.8) is 0 Å². The first-order chi connectivity index (χ1) is 13.0. The highest BCUT2D eigenvalue weighted by atomic mass is 19.1. The van der Waals surface area contributed by atoms with Gasteiger partial charge in [-0.25, -0.2) is 4.39 Å². The lowest BCUT2D eigenvalue weighted by atomic mass is 9.87. The van der Waals surface area contributed by atoms with E-state index in [1.807, 2.05) is 13.0 Å². The SMILES string of the molecule is Cc1ccc(F)cc1COc1ccc(CN[C@@H](C)C(N)=O)c2c1CCCC2. The molecule has 0 heterocycles. The van der Waals surface area contributed by atoms with E-state index in [0.717, 1.165) is 42.6 Å². The highest BCUT2D eigenvalue weighted by molar-refractivity contribution is 5.79. The summed E-state index contributed by atoms with van der Waals surface area (Å²) in [7, 11) is 0. The summed E-state index contributed by atoms with van der Waals surface area (Å²) in [5, 5.41) is 3.18. The zero-order valence-corrected chi connectivity index (χ0v) is 16.0. The standard InChI is InChI=1S/C22H27FN2O2/c1-14-7-9-18(23)11-17(14)13-27-21-10-8-16(12-25-15(2)22(24)26)19-5-3-4-6-20(19)21/h7-11,15,25H,3-6,12-13H2,1-2H3,(H2,24,26)/t15-/m0/s1. The maximum Gasteiger partial charge on any atom is 0.234 e. The highest BCUT2D eigenvalue weighted by Gasteiger charge is 2.19. The van der Waals surface area contributed by atoms with E-state index in [-0.39, 0.29) is 17.8 Å². The maximum atomic E-state index is 13.5. The number of amides is 1. The van der Waals surface area contributed by atoms with Gasteiger partial charge in [-0.15, -0.1) is 0 Å². The van der Waals surface area contributed by atoms with E-state index in [1.165, 1.54) is 28.8 Å². The van der Waals surface area contributed by atoms with Crippen LogP contribution in [0.25, 0.3) is 0 Å². The Bertz CT molecular complexity index is 835. The van der Waals surface area contributed by atoms with Crippen molar-refractivity contribution in [3.05, 3.63) is 64.0 Å². The van der Waals surface area contributed by atoms with Gasteiger partial charge in [0.2, 0.25) is 5.91 Å². The van der Waals surface area contributed by atoms with Crippen LogP contribution in [0.2, 0.25) is 0 Å². The molecular formula is C22H27FN2O2. The Kier molecular flexibility index (Phi) is 6.11. The van der Waals surface area contributed by atoms with Crippen molar-refractivity contribution in [3.8, 4) is 5.75 Å². The minimum atomic E-state index is -0.365. The van der Waals surface area contributed by atoms with Gasteiger partial charge >= 0.3 is 0 Å². The van der Waals surface area contributed by atoms with Gasteiger partial charge in [0.25, 0.3) is 0 Å². The quantitative estimate of drug-likeness (QED) is 0.783. The number of benzene rings is 2. The molecule has 4 nitrogen and oxygen atoms in total. The molecule has 0 fully saturated rings. The van der Waals surface area contributed by atoms with Gasteiger partial charge in [0.15, 0.2) is 0 Å². The monoisotopic (exact) mass is 370 g/mol. The smallest absolute Gasteiger partial charge is 0.234 e. The normalized spacial score (nSPS) is 14.5. The molecule has 0 saturated heterocycles. The number of rotatable bonds is 7. The summed E-state index contributed by atoms with van der Waals surface area (Å²) < 4.78 is 19.6. The number of halogens is 1. The number of primary amides is 1. The molecule has 0 saturated carbocycles. The summed E-state index contributed by atoms with van der Waals surface area (Å²) in [6.07, 6.45) is 4.27. The Hall–Kier alpha value is -2.40. The lowest BCUT2D eigenvalue weighted by Gasteiger charge is -2.24. The van der Waals surface area contributed by atoms with Gasteiger partial charge in [0.1, 0.15) is 18.2 Å². The zero-order chi connectivity index (χ0) is 19.4. The van der Waals surface area contributed by atoms with Crippen LogP contribution in [0, 0.1) is 12.7 Å². The van der Waals surface area contributed by atoms with Crippen molar-refractivity contribution >= 4 is 5.91 Å². The van der Waals surface area contributed by atoms with Crippen LogP contribution >= 0.6 is 0 Å². The lowest BCUT2D eigenvalue weighted by Crippen LogP contribution is -2.38. The predicted molar refractivity (Wildman–Crippen MR) is 104 cm³/mol. The fourth-order valence-electron chi connectivity index (χ4n) is 3.52. The Morgan fingerprint density at radius 2 is 1.93 bits per heavy atom. The van der Waals surface area contributed by atoms with E-state index >= 15 is 0 Å². The van der Waals surface area contributed by atoms with E-state index < -0.39 is 0 Å². The van der Waals surface area contributed by atoms with E-state index in [4.69, 9.17) is 10.5 Å². The molecule has 1 aliphatic carbocycles. The van der Waals surface area contributed by atoms with Crippen molar-refractivity contribution < 1.29 is 13.9 Å². The molecule has 0 spiro atoms. The first kappa shape index (κ1) is 19.4. The average molecular weight is 370 g/mol. The van der Waals surface area contributed by atoms with Crippen LogP contribution in [0.3, 0.4) is 0 Å². The van der Waals surface area contributed by atoms with E-state index in [9.17, 15) is 9.18 Å². The summed E-state index contributed by atoms with van der Waals surface area (Å²) in [6.45, 7) is 4.69. The molecule has 0 unspecified atom stereocenters. The van der Waals surface area contributed by atoms with Gasteiger partial charge < -0.3 is 15.8 Å². The molecule has 1 amide bonds. The highest BCUT2D eigenvalue weighted by Crippen LogP contribution is 2.33. The summed E-state index contributed by atoms with van der Waals surface area (Å²) in [6, 6.07) is 8.46. The van der Waals surface area contributed by atoms with Crippen molar-refractivity contribution in [1.29, 1.82) is 0 Å². The average Bonchev–Trinajstić information content (AvgIpc) is 2.67. The Morgan fingerprint density at radius 1 is 1.19 bits per heavy atom. The molecule has 0 aromatic heterocycles. The molecule has 0 bridgehead atoms. The van der Waals surface area contributed by atoms with Crippen LogP contribution in [-0.2, 0) is 30.8 Å². The number of carbonyl (C=O) groups excluding carboxylic acids is 1. The Balaban J connectivity index is 1.78. The minimum Gasteiger partial charge on any atom is -0.489 e. The largest absolute Gasteiger partial charge is 0.489 e. The number of carbonyl (C=O) groups is 1. The van der Waals surface area contributed by atoms with Crippen LogP contribution in [0.15, 0.2) is 30.3 Å². The number of nitrogens with one attached hydrogen (secondary N) is 1. The third kappa shape index (κ3) is 4.66. The van der Waals surface area contributed by atoms with Crippen molar-refractivity contribution in [1.82, 2.24) is 5.32 Å². The fourth-order valence-corrected chi connectivity index (χ4v) is 3.52. The number of nitrogens with two attached hydrogens (primary N) is 1. The van der Waals surface area contributed by atoms with E-state index in [0.29, 0.717) is 13.2 Å². The molecule has 3 rings (SSSR count). The maximum absolute atomic E-state index is 13.5. The van der Waals surface area contributed by atoms with E-state index in [2.05, 4.69) is 11.4 Å². The lowest BCUT2D eigenvalue weighted by molar-refractivity contribution is -0.119. The topological polar surface area (TPSA) is 64.3 Å². The second kappa shape index (κ2) is 8.53. The molecule has 27 heavy (non-hydrogen) atoms. The number of aryl methyl sites for hydroxylation is 1. The summed E-state index contributed by atoms with van der Waals surface area (Å²) in [4.78, 5) is 11.2. The number of ether oxygens (including phenoxy) is 1. The summed E-state index contributed by atoms with van der Waals surface area (Å²) in [5.74, 6) is 0.278. The first-order valence-corrected chi connectivity index (χ1v) is 9.50. The number of hydrogen-bond acceptors (Lipinski definition) is 3. The molecule has 3 N–H and O–H groups in total. The molecule has 1 aliphatic rings. The van der Waals surface area contributed by atoms with Gasteiger partial charge in [-0.1, -0.05) is 12.1 Å². The Morgan fingerprint density at radius 3 is 2.67 bits per heavy atom. The van der Waals surface area contributed by atoms with Crippen LogP contribution in [0.1, 0.15) is 47.6 Å². The minimum absolute atomic E-state index is 0.244. The second-order valence-electron chi connectivity index (χ2n) is 7.25. The van der Waals surface area contributed by atoms with Crippen LogP contribution in [0.5, 0.6) is 5.75 Å².